The molecule has 0 aliphatic carbocycles. The fourth-order valence-corrected chi connectivity index (χ4v) is 4.53. The summed E-state index contributed by atoms with van der Waals surface area (Å²) in [6.07, 6.45) is 1.59. The highest BCUT2D eigenvalue weighted by Crippen LogP contribution is 2.35. The average molecular weight is 588 g/mol. The number of hydrogen-bond acceptors (Lipinski definition) is 6. The molecule has 184 valence electrons. The maximum atomic E-state index is 12.8. The smallest absolute Gasteiger partial charge is 0.294 e. The van der Waals surface area contributed by atoms with Crippen LogP contribution in [0.15, 0.2) is 76.1 Å². The van der Waals surface area contributed by atoms with Crippen molar-refractivity contribution in [1.82, 2.24) is 4.90 Å². The van der Waals surface area contributed by atoms with Crippen LogP contribution >= 0.6 is 39.3 Å². The number of imide groups is 1. The number of benzene rings is 3. The molecule has 3 aromatic carbocycles. The topological polar surface area (TPSA) is 84.9 Å². The summed E-state index contributed by atoms with van der Waals surface area (Å²) in [5.41, 5.74) is 2.17. The highest BCUT2D eigenvalue weighted by molar-refractivity contribution is 9.10. The van der Waals surface area contributed by atoms with Crippen LogP contribution in [0, 0.1) is 0 Å². The van der Waals surface area contributed by atoms with Gasteiger partial charge in [0.15, 0.2) is 11.5 Å². The van der Waals surface area contributed by atoms with Gasteiger partial charge in [0.05, 0.1) is 12.0 Å². The Labute approximate surface area is 225 Å². The van der Waals surface area contributed by atoms with Crippen LogP contribution in [0.5, 0.6) is 11.5 Å². The van der Waals surface area contributed by atoms with Crippen molar-refractivity contribution >= 4 is 68.1 Å². The van der Waals surface area contributed by atoms with Crippen LogP contribution in [0.3, 0.4) is 0 Å². The summed E-state index contributed by atoms with van der Waals surface area (Å²) in [4.78, 5) is 38.7. The van der Waals surface area contributed by atoms with Gasteiger partial charge in [-0.2, -0.15) is 0 Å². The fourth-order valence-electron chi connectivity index (χ4n) is 3.30. The van der Waals surface area contributed by atoms with Crippen LogP contribution in [0.25, 0.3) is 6.08 Å². The number of ether oxygens (including phenoxy) is 2. The van der Waals surface area contributed by atoms with E-state index in [2.05, 4.69) is 21.2 Å². The van der Waals surface area contributed by atoms with Gasteiger partial charge in [-0.25, -0.2) is 0 Å². The number of halogens is 2. The van der Waals surface area contributed by atoms with Crippen molar-refractivity contribution in [2.24, 2.45) is 0 Å². The molecule has 0 radical (unpaired) electrons. The van der Waals surface area contributed by atoms with Gasteiger partial charge in [-0.05, 0) is 77.5 Å². The van der Waals surface area contributed by atoms with Gasteiger partial charge in [-0.1, -0.05) is 45.7 Å². The molecule has 4 rings (SSSR count). The Morgan fingerprint density at radius 1 is 1.06 bits per heavy atom. The first-order chi connectivity index (χ1) is 17.3. The lowest BCUT2D eigenvalue weighted by atomic mass is 10.1. The van der Waals surface area contributed by atoms with E-state index in [4.69, 9.17) is 21.1 Å². The molecule has 36 heavy (non-hydrogen) atoms. The van der Waals surface area contributed by atoms with Crippen molar-refractivity contribution < 1.29 is 23.9 Å². The molecular weight excluding hydrogens is 568 g/mol. The lowest BCUT2D eigenvalue weighted by molar-refractivity contribution is -0.127. The monoisotopic (exact) mass is 586 g/mol. The van der Waals surface area contributed by atoms with Crippen molar-refractivity contribution in [2.45, 2.75) is 6.61 Å². The number of methoxy groups -OCH3 is 1. The Kier molecular flexibility index (Phi) is 8.35. The normalized spacial score (nSPS) is 14.3. The third kappa shape index (κ3) is 6.48. The maximum Gasteiger partial charge on any atom is 0.294 e. The van der Waals surface area contributed by atoms with Gasteiger partial charge in [-0.3, -0.25) is 19.3 Å². The van der Waals surface area contributed by atoms with Crippen molar-refractivity contribution in [3.63, 3.8) is 0 Å². The van der Waals surface area contributed by atoms with Crippen LogP contribution in [-0.2, 0) is 16.2 Å². The predicted molar refractivity (Wildman–Crippen MR) is 144 cm³/mol. The standard InChI is InChI=1S/C26H20BrClN2O5S/c1-34-22-12-17(4-11-21(22)35-15-16-2-5-18(27)6-3-16)13-23-25(32)30(26(33)36-23)14-24(31)29-20-9-7-19(28)8-10-20/h2-13H,14-15H2,1H3,(H,29,31)/b23-13-. The molecule has 1 heterocycles. The molecule has 0 atom stereocenters. The van der Waals surface area contributed by atoms with E-state index in [0.717, 1.165) is 26.7 Å². The number of nitrogens with one attached hydrogen (secondary N) is 1. The third-order valence-electron chi connectivity index (χ3n) is 5.10. The first kappa shape index (κ1) is 25.8. The highest BCUT2D eigenvalue weighted by atomic mass is 79.9. The van der Waals surface area contributed by atoms with Crippen molar-refractivity contribution in [1.29, 1.82) is 0 Å². The minimum absolute atomic E-state index is 0.213. The summed E-state index contributed by atoms with van der Waals surface area (Å²) < 4.78 is 12.3. The average Bonchev–Trinajstić information content (AvgIpc) is 3.12. The zero-order valence-corrected chi connectivity index (χ0v) is 22.2. The summed E-state index contributed by atoms with van der Waals surface area (Å²) >= 11 is 10.0. The van der Waals surface area contributed by atoms with E-state index in [9.17, 15) is 14.4 Å². The van der Waals surface area contributed by atoms with Crippen molar-refractivity contribution in [3.8, 4) is 11.5 Å². The Morgan fingerprint density at radius 3 is 2.47 bits per heavy atom. The second-order valence-electron chi connectivity index (χ2n) is 7.65. The number of rotatable bonds is 8. The van der Waals surface area contributed by atoms with E-state index in [1.807, 2.05) is 24.3 Å². The van der Waals surface area contributed by atoms with E-state index >= 15 is 0 Å². The van der Waals surface area contributed by atoms with Gasteiger partial charge in [0, 0.05) is 15.2 Å². The van der Waals surface area contributed by atoms with Crippen LogP contribution in [0.4, 0.5) is 10.5 Å². The zero-order valence-electron chi connectivity index (χ0n) is 19.0. The molecule has 0 spiro atoms. The van der Waals surface area contributed by atoms with Gasteiger partial charge in [0.2, 0.25) is 5.91 Å². The minimum atomic E-state index is -0.536. The molecule has 1 saturated heterocycles. The number of anilines is 1. The van der Waals surface area contributed by atoms with Crippen LogP contribution in [0.1, 0.15) is 11.1 Å². The summed E-state index contributed by atoms with van der Waals surface area (Å²) in [7, 11) is 1.53. The molecule has 0 saturated carbocycles. The molecular formula is C26H20BrClN2O5S. The van der Waals surface area contributed by atoms with Gasteiger partial charge in [-0.15, -0.1) is 0 Å². The number of hydrogen-bond donors (Lipinski definition) is 1. The predicted octanol–water partition coefficient (Wildman–Crippen LogP) is 6.37. The van der Waals surface area contributed by atoms with E-state index in [0.29, 0.717) is 34.4 Å². The highest BCUT2D eigenvalue weighted by Gasteiger charge is 2.36. The van der Waals surface area contributed by atoms with Crippen molar-refractivity contribution in [3.05, 3.63) is 92.3 Å². The van der Waals surface area contributed by atoms with E-state index in [1.54, 1.807) is 48.5 Å². The molecule has 10 heteroatoms. The lowest BCUT2D eigenvalue weighted by Gasteiger charge is -2.13. The molecule has 0 unspecified atom stereocenters. The first-order valence-corrected chi connectivity index (χ1v) is 12.7. The van der Waals surface area contributed by atoms with E-state index < -0.39 is 23.6 Å². The van der Waals surface area contributed by atoms with Gasteiger partial charge < -0.3 is 14.8 Å². The Bertz CT molecular complexity index is 1330. The first-order valence-electron chi connectivity index (χ1n) is 10.7. The molecule has 3 aromatic rings. The molecule has 3 amide bonds. The van der Waals surface area contributed by atoms with Crippen LogP contribution in [0.2, 0.25) is 5.02 Å². The van der Waals surface area contributed by atoms with Gasteiger partial charge in [0.1, 0.15) is 13.2 Å². The molecule has 1 N–H and O–H groups in total. The van der Waals surface area contributed by atoms with Crippen LogP contribution < -0.4 is 14.8 Å². The van der Waals surface area contributed by atoms with Gasteiger partial charge >= 0.3 is 0 Å². The number of thioether (sulfide) groups is 1. The van der Waals surface area contributed by atoms with Gasteiger partial charge in [0.25, 0.3) is 11.1 Å². The molecule has 7 nitrogen and oxygen atoms in total. The second kappa shape index (κ2) is 11.6. The van der Waals surface area contributed by atoms with E-state index in [-0.39, 0.29) is 4.91 Å². The third-order valence-corrected chi connectivity index (χ3v) is 6.78. The Hall–Kier alpha value is -3.27. The summed E-state index contributed by atoms with van der Waals surface area (Å²) in [5, 5.41) is 2.66. The molecule has 1 fully saturated rings. The minimum Gasteiger partial charge on any atom is -0.493 e. The number of amides is 3. The Balaban J connectivity index is 1.42. The number of nitrogens with zero attached hydrogens (tertiary/aromatic N) is 1. The van der Waals surface area contributed by atoms with E-state index in [1.165, 1.54) is 7.11 Å². The summed E-state index contributed by atoms with van der Waals surface area (Å²) in [5.74, 6) is 0.00702. The molecule has 1 aliphatic rings. The SMILES string of the molecule is COc1cc(/C=C2\SC(=O)N(CC(=O)Nc3ccc(Cl)cc3)C2=O)ccc1OCc1ccc(Br)cc1. The van der Waals surface area contributed by atoms with Crippen molar-refractivity contribution in [2.75, 3.05) is 19.0 Å². The largest absolute Gasteiger partial charge is 0.493 e. The summed E-state index contributed by atoms with van der Waals surface area (Å²) in [6, 6.07) is 19.5. The number of carbonyl (C=O) groups excluding carboxylic acids is 3. The molecule has 0 bridgehead atoms. The van der Waals surface area contributed by atoms with Crippen LogP contribution in [-0.4, -0.2) is 35.6 Å². The Morgan fingerprint density at radius 2 is 1.78 bits per heavy atom. The molecule has 0 aromatic heterocycles. The quantitative estimate of drug-likeness (QED) is 0.309. The second-order valence-corrected chi connectivity index (χ2v) is 9.99. The lowest BCUT2D eigenvalue weighted by Crippen LogP contribution is -2.36. The summed E-state index contributed by atoms with van der Waals surface area (Å²) in [6.45, 7) is -0.0310. The number of carbonyl (C=O) groups is 3. The fraction of sp³-hybridized carbons (Fsp3) is 0.115. The molecule has 1 aliphatic heterocycles. The zero-order chi connectivity index (χ0) is 25.7. The maximum absolute atomic E-state index is 12.8.